The van der Waals surface area contributed by atoms with Crippen molar-refractivity contribution in [3.63, 3.8) is 0 Å². The first kappa shape index (κ1) is 29.9. The summed E-state index contributed by atoms with van der Waals surface area (Å²) in [6.45, 7) is 6.54. The van der Waals surface area contributed by atoms with Crippen LogP contribution in [0.5, 0.6) is 11.5 Å². The molecule has 0 aliphatic carbocycles. The summed E-state index contributed by atoms with van der Waals surface area (Å²) in [7, 11) is 0. The number of hydrogen-bond acceptors (Lipinski definition) is 3. The molecule has 312 valence electrons. The van der Waals surface area contributed by atoms with Crippen LogP contribution >= 0.6 is 0 Å². The maximum atomic E-state index is 9.07. The van der Waals surface area contributed by atoms with Gasteiger partial charge >= 0.3 is 0 Å². The van der Waals surface area contributed by atoms with Gasteiger partial charge in [-0.2, -0.15) is 4.68 Å². The Labute approximate surface area is 393 Å². The summed E-state index contributed by atoms with van der Waals surface area (Å²) in [4.78, 5) is 4.89. The molecule has 6 heteroatoms. The highest BCUT2D eigenvalue weighted by atomic mass is 16.5. The molecule has 0 spiro atoms. The van der Waals surface area contributed by atoms with E-state index in [4.69, 9.17) is 28.5 Å². The zero-order valence-corrected chi connectivity index (χ0v) is 35.7. The lowest BCUT2D eigenvalue weighted by molar-refractivity contribution is -0.587. The summed E-state index contributed by atoms with van der Waals surface area (Å²) in [5.74, 6) is 2.06. The summed E-state index contributed by atoms with van der Waals surface area (Å²) in [5.41, 5.74) is 6.17. The molecular formula is C59H45N5O. The number of nitrogens with zero attached hydrogens (tertiary/aromatic N) is 5. The lowest BCUT2D eigenvalue weighted by Gasteiger charge is -2.20. The molecule has 0 saturated heterocycles. The molecule has 6 nitrogen and oxygen atoms in total. The molecule has 0 atom stereocenters. The second-order valence-electron chi connectivity index (χ2n) is 16.6. The molecule has 0 bridgehead atoms. The third-order valence-corrected chi connectivity index (χ3v) is 11.4. The monoisotopic (exact) mass is 849 g/mol. The van der Waals surface area contributed by atoms with Crippen LogP contribution in [0.15, 0.2) is 218 Å². The Morgan fingerprint density at radius 1 is 0.554 bits per heavy atom. The number of rotatable bonds is 9. The maximum absolute atomic E-state index is 9.07. The Bertz CT molecular complexity index is 3950. The van der Waals surface area contributed by atoms with E-state index in [9.17, 15) is 0 Å². The Morgan fingerprint density at radius 2 is 1.22 bits per heavy atom. The number of aromatic nitrogens is 5. The highest BCUT2D eigenvalue weighted by molar-refractivity contribution is 6.10. The first-order valence-corrected chi connectivity index (χ1v) is 21.2. The highest BCUT2D eigenvalue weighted by Gasteiger charge is 2.22. The minimum Gasteiger partial charge on any atom is -0.458 e. The van der Waals surface area contributed by atoms with E-state index in [0.717, 1.165) is 44.3 Å². The molecule has 3 heterocycles. The molecule has 11 rings (SSSR count). The van der Waals surface area contributed by atoms with Gasteiger partial charge in [-0.05, 0) is 98.0 Å². The maximum Gasteiger partial charge on any atom is 0.231 e. The van der Waals surface area contributed by atoms with Crippen LogP contribution in [-0.4, -0.2) is 19.3 Å². The Balaban J connectivity index is 1.08. The molecule has 0 aliphatic rings. The van der Waals surface area contributed by atoms with Crippen molar-refractivity contribution in [1.82, 2.24) is 19.3 Å². The number of ether oxygens (including phenoxy) is 1. The molecule has 0 unspecified atom stereocenters. The average molecular weight is 850 g/mol. The van der Waals surface area contributed by atoms with Crippen molar-refractivity contribution in [3.05, 3.63) is 230 Å². The van der Waals surface area contributed by atoms with Crippen LogP contribution in [0, 0.1) is 6.33 Å². The van der Waals surface area contributed by atoms with Gasteiger partial charge in [-0.1, -0.05) is 178 Å². The predicted molar refractivity (Wildman–Crippen MR) is 263 cm³/mol. The lowest BCUT2D eigenvalue weighted by Crippen LogP contribution is -2.33. The zero-order chi connectivity index (χ0) is 52.6. The molecule has 0 radical (unpaired) electrons. The van der Waals surface area contributed by atoms with E-state index < -0.39 is 60.4 Å². The van der Waals surface area contributed by atoms with Crippen LogP contribution in [0.1, 0.15) is 40.0 Å². The first-order valence-electron chi connectivity index (χ1n) is 26.2. The molecule has 3 aromatic heterocycles. The largest absolute Gasteiger partial charge is 0.458 e. The number of fused-ring (bicyclic) bond motifs is 3. The van der Waals surface area contributed by atoms with Crippen LogP contribution in [0.3, 0.4) is 0 Å². The summed E-state index contributed by atoms with van der Waals surface area (Å²) in [6.07, 6.45) is 5.18. The van der Waals surface area contributed by atoms with Crippen LogP contribution in [0.25, 0.3) is 83.8 Å². The van der Waals surface area contributed by atoms with Crippen molar-refractivity contribution in [2.75, 3.05) is 0 Å². The van der Waals surface area contributed by atoms with Gasteiger partial charge in [-0.15, -0.1) is 0 Å². The predicted octanol–water partition coefficient (Wildman–Crippen LogP) is 14.2. The van der Waals surface area contributed by atoms with Gasteiger partial charge in [0.05, 0.1) is 30.4 Å². The third kappa shape index (κ3) is 7.55. The Morgan fingerprint density at radius 3 is 1.91 bits per heavy atom. The smallest absolute Gasteiger partial charge is 0.231 e. The topological polar surface area (TPSA) is 48.8 Å². The average Bonchev–Trinajstić information content (AvgIpc) is 4.03. The van der Waals surface area contributed by atoms with E-state index in [-0.39, 0.29) is 39.2 Å². The van der Waals surface area contributed by atoms with E-state index in [1.165, 1.54) is 9.25 Å². The van der Waals surface area contributed by atoms with E-state index in [1.807, 2.05) is 91.1 Å². The molecule has 65 heavy (non-hydrogen) atoms. The van der Waals surface area contributed by atoms with Gasteiger partial charge in [0, 0.05) is 34.3 Å². The lowest BCUT2D eigenvalue weighted by atomic mass is 9.88. The minimum atomic E-state index is -0.584. The quantitative estimate of drug-likeness (QED) is 0.107. The molecular weight excluding hydrogens is 795 g/mol. The molecule has 11 aromatic rings. The minimum absolute atomic E-state index is 0.106. The third-order valence-electron chi connectivity index (χ3n) is 11.4. The second-order valence-corrected chi connectivity index (χ2v) is 16.6. The van der Waals surface area contributed by atoms with Crippen molar-refractivity contribution in [2.24, 2.45) is 0 Å². The first-order chi connectivity index (χ1) is 36.0. The number of pyridine rings is 1. The van der Waals surface area contributed by atoms with Gasteiger partial charge < -0.3 is 9.30 Å². The van der Waals surface area contributed by atoms with E-state index in [2.05, 4.69) is 74.1 Å². The van der Waals surface area contributed by atoms with Gasteiger partial charge in [-0.25, -0.2) is 4.98 Å². The van der Waals surface area contributed by atoms with Crippen molar-refractivity contribution in [2.45, 2.75) is 26.2 Å². The van der Waals surface area contributed by atoms with E-state index in [1.54, 1.807) is 24.3 Å². The highest BCUT2D eigenvalue weighted by Crippen LogP contribution is 2.39. The SMILES string of the molecule is [2H]c1c([2H])c([2H])c(-c2cccc(-c3c([2H])c([2H])c([2H])c([2H])c3[2H])c2-[n+]2[c-]n(-c3cccc(Oc4ccc5c6cc(-c7ccccc7)ccc6n(-c6cc(C(C)(C)C)ccn6)c5c4)c3)nc2-c2ccccc2)c([2H])c1[2H]. The molecule has 0 saturated carbocycles. The summed E-state index contributed by atoms with van der Waals surface area (Å²) < 4.78 is 99.4. The Kier molecular flexibility index (Phi) is 7.54. The zero-order valence-electron chi connectivity index (χ0n) is 45.7. The van der Waals surface area contributed by atoms with Gasteiger partial charge in [0.2, 0.25) is 12.2 Å². The number of para-hydroxylation sites is 1. The summed E-state index contributed by atoms with van der Waals surface area (Å²) in [6, 6.07) is 42.6. The van der Waals surface area contributed by atoms with Gasteiger partial charge in [-0.3, -0.25) is 4.57 Å². The van der Waals surface area contributed by atoms with E-state index in [0.29, 0.717) is 22.7 Å². The summed E-state index contributed by atoms with van der Waals surface area (Å²) in [5, 5.41) is 7.13. The second kappa shape index (κ2) is 16.4. The van der Waals surface area contributed by atoms with Crippen LogP contribution < -0.4 is 9.30 Å². The van der Waals surface area contributed by atoms with Crippen molar-refractivity contribution in [3.8, 4) is 73.5 Å². The fraction of sp³-hybridized carbons (Fsp3) is 0.0678. The fourth-order valence-corrected chi connectivity index (χ4v) is 8.25. The number of hydrogen-bond donors (Lipinski definition) is 0. The number of benzene rings is 8. The van der Waals surface area contributed by atoms with Gasteiger partial charge in [0.1, 0.15) is 17.3 Å². The molecule has 0 amide bonds. The molecule has 0 fully saturated rings. The molecule has 0 aliphatic heterocycles. The normalized spacial score (nSPS) is 13.8. The van der Waals surface area contributed by atoms with Crippen LogP contribution in [0.2, 0.25) is 0 Å². The van der Waals surface area contributed by atoms with Crippen LogP contribution in [-0.2, 0) is 5.41 Å². The van der Waals surface area contributed by atoms with Crippen molar-refractivity contribution in [1.29, 1.82) is 0 Å². The van der Waals surface area contributed by atoms with Crippen molar-refractivity contribution < 1.29 is 23.0 Å². The van der Waals surface area contributed by atoms with Crippen LogP contribution in [0.4, 0.5) is 0 Å². The Hall–Kier alpha value is -8.35. The molecule has 8 aromatic carbocycles. The van der Waals surface area contributed by atoms with E-state index >= 15 is 0 Å². The van der Waals surface area contributed by atoms with Gasteiger partial charge in [0.25, 0.3) is 0 Å². The van der Waals surface area contributed by atoms with Crippen molar-refractivity contribution >= 4 is 21.8 Å². The van der Waals surface area contributed by atoms with Gasteiger partial charge in [0.15, 0.2) is 0 Å². The molecule has 0 N–H and O–H groups in total. The summed E-state index contributed by atoms with van der Waals surface area (Å²) >= 11 is 0. The standard InChI is InChI=1S/C59H45N5O/c1-59(2,3)46-34-35-60-56(37-46)64-54-33-30-45(41-18-8-4-9-19-41)36-53(54)52-32-31-49(39-55(52)64)65-48-27-16-26-47(38-48)63-40-62(58(61-63)44-24-14-7-15-25-44)57-50(42-20-10-5-11-21-42)28-17-29-51(57)43-22-12-6-13-23-43/h4-39H,1-3H3/i5D,6D,10D,11D,12D,13D,20D,21D,22D,23D. The fourth-order valence-electron chi connectivity index (χ4n) is 8.25.